The second-order valence-corrected chi connectivity index (χ2v) is 4.43. The van der Waals surface area contributed by atoms with Crippen LogP contribution in [0.5, 0.6) is 0 Å². The van der Waals surface area contributed by atoms with Gasteiger partial charge in [0.15, 0.2) is 0 Å². The molecule has 1 aromatic rings. The Hall–Kier alpha value is -0.410. The van der Waals surface area contributed by atoms with Crippen LogP contribution in [0.15, 0.2) is 12.3 Å². The topological polar surface area (TPSA) is 33.1 Å². The van der Waals surface area contributed by atoms with E-state index in [0.717, 1.165) is 24.1 Å². The molecule has 2 nitrogen and oxygen atoms in total. The first kappa shape index (κ1) is 8.20. The van der Waals surface area contributed by atoms with Crippen molar-refractivity contribution in [2.75, 3.05) is 0 Å². The summed E-state index contributed by atoms with van der Waals surface area (Å²) in [5, 5.41) is 10.3. The van der Waals surface area contributed by atoms with E-state index in [1.165, 1.54) is 11.5 Å². The molecule has 1 heterocycles. The van der Waals surface area contributed by atoms with Crippen molar-refractivity contribution in [3.05, 3.63) is 17.1 Å². The monoisotopic (exact) mass is 183 g/mol. The summed E-state index contributed by atoms with van der Waals surface area (Å²) in [5.74, 6) is 0.387. The number of rotatable bonds is 1. The third-order valence-electron chi connectivity index (χ3n) is 2.87. The van der Waals surface area contributed by atoms with Crippen LogP contribution in [0.4, 0.5) is 0 Å². The van der Waals surface area contributed by atoms with Crippen LogP contribution in [-0.4, -0.2) is 9.48 Å². The first-order valence-electron chi connectivity index (χ1n) is 4.37. The molecule has 1 aliphatic carbocycles. The molecule has 3 heteroatoms. The van der Waals surface area contributed by atoms with E-state index >= 15 is 0 Å². The molecule has 1 aliphatic rings. The van der Waals surface area contributed by atoms with Gasteiger partial charge in [-0.15, -0.1) is 0 Å². The van der Waals surface area contributed by atoms with Gasteiger partial charge in [-0.1, -0.05) is 6.92 Å². The fourth-order valence-corrected chi connectivity index (χ4v) is 2.79. The highest BCUT2D eigenvalue weighted by Gasteiger charge is 2.40. The summed E-state index contributed by atoms with van der Waals surface area (Å²) in [6.45, 7) is 2.12. The van der Waals surface area contributed by atoms with Crippen LogP contribution < -0.4 is 0 Å². The van der Waals surface area contributed by atoms with Gasteiger partial charge in [0, 0.05) is 6.20 Å². The Morgan fingerprint density at radius 2 is 2.58 bits per heavy atom. The van der Waals surface area contributed by atoms with Gasteiger partial charge >= 0.3 is 0 Å². The lowest BCUT2D eigenvalue weighted by Crippen LogP contribution is -2.26. The highest BCUT2D eigenvalue weighted by molar-refractivity contribution is 7.05. The molecule has 0 aliphatic heterocycles. The van der Waals surface area contributed by atoms with Gasteiger partial charge in [-0.3, -0.25) is 0 Å². The van der Waals surface area contributed by atoms with Crippen molar-refractivity contribution in [3.8, 4) is 0 Å². The highest BCUT2D eigenvalue weighted by atomic mass is 32.1. The van der Waals surface area contributed by atoms with E-state index in [1.54, 1.807) is 6.20 Å². The fraction of sp³-hybridized carbons (Fsp3) is 0.667. The van der Waals surface area contributed by atoms with Crippen molar-refractivity contribution in [1.29, 1.82) is 0 Å². The van der Waals surface area contributed by atoms with E-state index in [4.69, 9.17) is 0 Å². The molecular weight excluding hydrogens is 170 g/mol. The minimum Gasteiger partial charge on any atom is -0.384 e. The average Bonchev–Trinajstić information content (AvgIpc) is 2.62. The summed E-state index contributed by atoms with van der Waals surface area (Å²) in [4.78, 5) is 1.03. The Bertz CT molecular complexity index is 260. The maximum Gasteiger partial charge on any atom is 0.103 e. The predicted octanol–water partition coefficient (Wildman–Crippen LogP) is 2.15. The second-order valence-electron chi connectivity index (χ2n) is 3.59. The number of hydrogen-bond acceptors (Lipinski definition) is 3. The van der Waals surface area contributed by atoms with Crippen molar-refractivity contribution in [1.82, 2.24) is 4.37 Å². The lowest BCUT2D eigenvalue weighted by atomic mass is 9.91. The molecule has 1 fully saturated rings. The van der Waals surface area contributed by atoms with Gasteiger partial charge in [0.1, 0.15) is 5.60 Å². The van der Waals surface area contributed by atoms with Crippen LogP contribution in [0.1, 0.15) is 31.1 Å². The third kappa shape index (κ3) is 1.08. The summed E-state index contributed by atoms with van der Waals surface area (Å²) in [6, 6.07) is 1.94. The predicted molar refractivity (Wildman–Crippen MR) is 49.0 cm³/mol. The van der Waals surface area contributed by atoms with Crippen LogP contribution in [0.25, 0.3) is 0 Å². The molecule has 66 valence electrons. The maximum absolute atomic E-state index is 10.3. The largest absolute Gasteiger partial charge is 0.384 e. The zero-order valence-corrected chi connectivity index (χ0v) is 7.97. The van der Waals surface area contributed by atoms with Crippen molar-refractivity contribution in [2.45, 2.75) is 31.8 Å². The molecule has 12 heavy (non-hydrogen) atoms. The standard InChI is InChI=1S/C9H13NOS/c1-7-3-2-5-9(7,11)8-4-6-10-12-8/h4,6-7,11H,2-3,5H2,1H3. The molecule has 0 aromatic carbocycles. The van der Waals surface area contributed by atoms with Crippen molar-refractivity contribution >= 4 is 11.5 Å². The Kier molecular flexibility index (Phi) is 1.93. The van der Waals surface area contributed by atoms with E-state index < -0.39 is 5.60 Å². The molecule has 2 unspecified atom stereocenters. The zero-order chi connectivity index (χ0) is 8.60. The van der Waals surface area contributed by atoms with E-state index in [2.05, 4.69) is 11.3 Å². The molecular formula is C9H13NOS. The maximum atomic E-state index is 10.3. The van der Waals surface area contributed by atoms with E-state index in [9.17, 15) is 5.11 Å². The molecule has 0 radical (unpaired) electrons. The molecule has 2 rings (SSSR count). The smallest absolute Gasteiger partial charge is 0.103 e. The van der Waals surface area contributed by atoms with Gasteiger partial charge in [0.25, 0.3) is 0 Å². The summed E-state index contributed by atoms with van der Waals surface area (Å²) >= 11 is 1.42. The minimum atomic E-state index is -0.568. The van der Waals surface area contributed by atoms with Crippen LogP contribution in [0.2, 0.25) is 0 Å². The van der Waals surface area contributed by atoms with Crippen molar-refractivity contribution < 1.29 is 5.11 Å². The minimum absolute atomic E-state index is 0.387. The van der Waals surface area contributed by atoms with Crippen molar-refractivity contribution in [2.24, 2.45) is 5.92 Å². The van der Waals surface area contributed by atoms with E-state index in [0.29, 0.717) is 5.92 Å². The average molecular weight is 183 g/mol. The lowest BCUT2D eigenvalue weighted by Gasteiger charge is -2.25. The second kappa shape index (κ2) is 2.82. The quantitative estimate of drug-likeness (QED) is 0.723. The Balaban J connectivity index is 2.32. The Morgan fingerprint density at radius 3 is 3.08 bits per heavy atom. The number of nitrogens with zero attached hydrogens (tertiary/aromatic N) is 1. The molecule has 1 saturated carbocycles. The summed E-state index contributed by atoms with van der Waals surface area (Å²) in [6.07, 6.45) is 4.93. The first-order chi connectivity index (χ1) is 5.73. The normalized spacial score (nSPS) is 35.7. The van der Waals surface area contributed by atoms with Crippen LogP contribution in [0.3, 0.4) is 0 Å². The van der Waals surface area contributed by atoms with Gasteiger partial charge in [0.05, 0.1) is 4.88 Å². The number of aromatic nitrogens is 1. The number of hydrogen-bond donors (Lipinski definition) is 1. The van der Waals surface area contributed by atoms with E-state index in [1.807, 2.05) is 6.07 Å². The number of aliphatic hydroxyl groups is 1. The zero-order valence-electron chi connectivity index (χ0n) is 7.16. The lowest BCUT2D eigenvalue weighted by molar-refractivity contribution is 0.00809. The summed E-state index contributed by atoms with van der Waals surface area (Å²) < 4.78 is 4.03. The molecule has 1 N–H and O–H groups in total. The Morgan fingerprint density at radius 1 is 1.75 bits per heavy atom. The molecule has 1 aromatic heterocycles. The molecule has 2 atom stereocenters. The molecule has 0 spiro atoms. The fourth-order valence-electron chi connectivity index (χ4n) is 1.97. The van der Waals surface area contributed by atoms with Crippen LogP contribution in [0, 0.1) is 5.92 Å². The molecule has 0 amide bonds. The van der Waals surface area contributed by atoms with Crippen LogP contribution >= 0.6 is 11.5 Å². The van der Waals surface area contributed by atoms with Gasteiger partial charge < -0.3 is 5.11 Å². The Labute approximate surface area is 76.4 Å². The third-order valence-corrected chi connectivity index (χ3v) is 3.79. The summed E-state index contributed by atoms with van der Waals surface area (Å²) in [7, 11) is 0. The van der Waals surface area contributed by atoms with Gasteiger partial charge in [-0.2, -0.15) is 0 Å². The SMILES string of the molecule is CC1CCCC1(O)c1ccns1. The van der Waals surface area contributed by atoms with E-state index in [-0.39, 0.29) is 0 Å². The summed E-state index contributed by atoms with van der Waals surface area (Å²) in [5.41, 5.74) is -0.568. The molecule has 0 bridgehead atoms. The van der Waals surface area contributed by atoms with Crippen molar-refractivity contribution in [3.63, 3.8) is 0 Å². The molecule has 0 saturated heterocycles. The van der Waals surface area contributed by atoms with Gasteiger partial charge in [-0.25, -0.2) is 4.37 Å². The highest BCUT2D eigenvalue weighted by Crippen LogP contribution is 2.44. The first-order valence-corrected chi connectivity index (χ1v) is 5.14. The van der Waals surface area contributed by atoms with Gasteiger partial charge in [0.2, 0.25) is 0 Å². The van der Waals surface area contributed by atoms with Crippen LogP contribution in [-0.2, 0) is 5.60 Å². The van der Waals surface area contributed by atoms with Gasteiger partial charge in [-0.05, 0) is 42.8 Å².